The minimum Gasteiger partial charge on any atom is -0.314 e. The Morgan fingerprint density at radius 2 is 1.81 bits per heavy atom. The molecule has 136 valence electrons. The summed E-state index contributed by atoms with van der Waals surface area (Å²) < 4.78 is 11.9. The van der Waals surface area contributed by atoms with Crippen molar-refractivity contribution in [1.29, 1.82) is 10.5 Å². The van der Waals surface area contributed by atoms with Crippen LogP contribution in [-0.2, 0) is 14.9 Å². The minimum absolute atomic E-state index is 0.199. The quantitative estimate of drug-likeness (QED) is 0.729. The van der Waals surface area contributed by atoms with Gasteiger partial charge in [-0.25, -0.2) is 4.99 Å². The topological polar surface area (TPSA) is 106 Å². The molecule has 1 saturated carbocycles. The van der Waals surface area contributed by atoms with Crippen LogP contribution in [0.5, 0.6) is 0 Å². The van der Waals surface area contributed by atoms with Crippen molar-refractivity contribution in [3.8, 4) is 12.1 Å². The van der Waals surface area contributed by atoms with Crippen LogP contribution in [0.1, 0.15) is 32.8 Å². The predicted molar refractivity (Wildman–Crippen MR) is 95.7 cm³/mol. The van der Waals surface area contributed by atoms with E-state index in [1.165, 1.54) is 0 Å². The number of hydrogen-bond donors (Lipinski definition) is 2. The Bertz CT molecular complexity index is 852. The number of ether oxygens (including phenoxy) is 2. The van der Waals surface area contributed by atoms with E-state index in [1.54, 1.807) is 12.1 Å². The van der Waals surface area contributed by atoms with Crippen LogP contribution in [0.15, 0.2) is 24.3 Å². The lowest BCUT2D eigenvalue weighted by Crippen LogP contribution is -2.91. The van der Waals surface area contributed by atoms with E-state index in [4.69, 9.17) is 26.8 Å². The third kappa shape index (κ3) is 1.66. The fourth-order valence-electron chi connectivity index (χ4n) is 5.10. The van der Waals surface area contributed by atoms with E-state index >= 15 is 0 Å². The largest absolute Gasteiger partial charge is 0.343 e. The van der Waals surface area contributed by atoms with Gasteiger partial charge in [-0.3, -0.25) is 5.73 Å². The van der Waals surface area contributed by atoms with Crippen LogP contribution in [0, 0.1) is 33.5 Å². The molecule has 3 rings (SSSR count). The van der Waals surface area contributed by atoms with Gasteiger partial charge in [0.1, 0.15) is 0 Å². The fraction of sp³-hybridized carbons (Fsp3) is 0.526. The van der Waals surface area contributed by atoms with Gasteiger partial charge in [0.15, 0.2) is 10.8 Å². The number of hydrogen-bond acceptors (Lipinski definition) is 5. The molecule has 3 atom stereocenters. The summed E-state index contributed by atoms with van der Waals surface area (Å²) in [6.07, 6.45) is 0.499. The Morgan fingerprint density at radius 3 is 2.27 bits per heavy atom. The molecule has 1 fully saturated rings. The minimum atomic E-state index is -1.50. The third-order valence-electron chi connectivity index (χ3n) is 5.86. The molecule has 1 heterocycles. The van der Waals surface area contributed by atoms with Gasteiger partial charge >= 0.3 is 5.91 Å². The summed E-state index contributed by atoms with van der Waals surface area (Å²) in [7, 11) is 0. The van der Waals surface area contributed by atoms with E-state index in [-0.39, 0.29) is 5.84 Å². The summed E-state index contributed by atoms with van der Waals surface area (Å²) in [6, 6.07) is 12.0. The van der Waals surface area contributed by atoms with Gasteiger partial charge in [0.25, 0.3) is 5.84 Å². The number of nitrogens with zero attached hydrogens (tertiary/aromatic N) is 2. The average Bonchev–Trinajstić information content (AvgIpc) is 3.13. The first-order valence-corrected chi connectivity index (χ1v) is 9.08. The zero-order chi connectivity index (χ0) is 19.2. The molecule has 1 aliphatic carbocycles. The normalized spacial score (nSPS) is 33.7. The van der Waals surface area contributed by atoms with Crippen LogP contribution < -0.4 is 10.7 Å². The van der Waals surface area contributed by atoms with Gasteiger partial charge in [0.05, 0.1) is 30.8 Å². The van der Waals surface area contributed by atoms with Crippen molar-refractivity contribution in [3.05, 3.63) is 34.9 Å². The molecule has 1 aliphatic heterocycles. The molecule has 2 aliphatic rings. The number of halogens is 1. The van der Waals surface area contributed by atoms with E-state index in [2.05, 4.69) is 17.1 Å². The second-order valence-electron chi connectivity index (χ2n) is 6.51. The Morgan fingerprint density at radius 1 is 1.15 bits per heavy atom. The van der Waals surface area contributed by atoms with Crippen molar-refractivity contribution in [2.75, 3.05) is 13.2 Å². The van der Waals surface area contributed by atoms with Crippen molar-refractivity contribution in [3.63, 3.8) is 0 Å². The van der Waals surface area contributed by atoms with Crippen molar-refractivity contribution >= 4 is 17.4 Å². The van der Waals surface area contributed by atoms with Crippen LogP contribution in [0.3, 0.4) is 0 Å². The molecule has 7 heteroatoms. The maximum atomic E-state index is 10.4. The second-order valence-corrected chi connectivity index (χ2v) is 6.95. The standard InChI is InChI=1S/C19H21ClN4O2/c1-4-16(13-8-7-9-14(20)10-13)17(11-21)15(23)24-19(25-5-2,26-6-3)18(16,17)12-22/h7-10H,4-6H2,1-3H3,(H2,23,24)/p+1/t16-,17-,18+/m0/s1. The highest BCUT2D eigenvalue weighted by Crippen LogP contribution is 2.83. The number of nitrogens with two attached hydrogens (primary N) is 1. The molecular weight excluding hydrogens is 352 g/mol. The fourth-order valence-corrected chi connectivity index (χ4v) is 5.29. The van der Waals surface area contributed by atoms with Crippen molar-refractivity contribution in [2.24, 2.45) is 16.6 Å². The Balaban J connectivity index is 2.37. The number of fused-ring (bicyclic) bond motifs is 1. The molecule has 0 amide bonds. The molecule has 3 N–H and O–H groups in total. The summed E-state index contributed by atoms with van der Waals surface area (Å²) in [4.78, 5) is 3.00. The summed E-state index contributed by atoms with van der Waals surface area (Å²) in [5.41, 5.74) is 3.60. The first-order valence-electron chi connectivity index (χ1n) is 8.71. The lowest BCUT2D eigenvalue weighted by Gasteiger charge is -2.33. The van der Waals surface area contributed by atoms with Crippen molar-refractivity contribution in [1.82, 2.24) is 0 Å². The summed E-state index contributed by atoms with van der Waals surface area (Å²) >= 11 is 6.22. The monoisotopic (exact) mass is 373 g/mol. The maximum Gasteiger partial charge on any atom is 0.343 e. The molecule has 0 radical (unpaired) electrons. The molecule has 6 nitrogen and oxygen atoms in total. The molecule has 0 spiro atoms. The summed E-state index contributed by atoms with van der Waals surface area (Å²) in [5.74, 6) is -1.30. The first-order chi connectivity index (χ1) is 12.4. The zero-order valence-electron chi connectivity index (χ0n) is 15.1. The molecule has 26 heavy (non-hydrogen) atoms. The van der Waals surface area contributed by atoms with E-state index in [1.807, 2.05) is 32.9 Å². The Kier molecular flexibility index (Phi) is 4.28. The van der Waals surface area contributed by atoms with E-state index in [9.17, 15) is 10.5 Å². The van der Waals surface area contributed by atoms with Gasteiger partial charge in [-0.05, 0) is 38.0 Å². The van der Waals surface area contributed by atoms with Crippen LogP contribution >= 0.6 is 11.6 Å². The number of nitrogens with one attached hydrogen (secondary N) is 1. The molecule has 1 aromatic rings. The van der Waals surface area contributed by atoms with Crippen LogP contribution in [0.2, 0.25) is 5.02 Å². The van der Waals surface area contributed by atoms with Crippen molar-refractivity contribution < 1.29 is 14.5 Å². The van der Waals surface area contributed by atoms with Gasteiger partial charge < -0.3 is 9.47 Å². The Labute approximate surface area is 158 Å². The second kappa shape index (κ2) is 5.96. The summed E-state index contributed by atoms with van der Waals surface area (Å²) in [6.45, 7) is 6.14. The summed E-state index contributed by atoms with van der Waals surface area (Å²) in [5, 5.41) is 21.1. The van der Waals surface area contributed by atoms with Gasteiger partial charge in [0, 0.05) is 5.02 Å². The Hall–Kier alpha value is -2.12. The van der Waals surface area contributed by atoms with E-state index in [0.29, 0.717) is 24.7 Å². The zero-order valence-corrected chi connectivity index (χ0v) is 15.9. The highest BCUT2D eigenvalue weighted by atomic mass is 35.5. The molecule has 0 saturated heterocycles. The number of rotatable bonds is 6. The smallest absolute Gasteiger partial charge is 0.314 e. The highest BCUT2D eigenvalue weighted by molar-refractivity contribution is 6.30. The van der Waals surface area contributed by atoms with Crippen LogP contribution in [0.4, 0.5) is 0 Å². The van der Waals surface area contributed by atoms with Crippen molar-refractivity contribution in [2.45, 2.75) is 38.5 Å². The number of benzene rings is 1. The predicted octanol–water partition coefficient (Wildman–Crippen LogP) is 1.20. The van der Waals surface area contributed by atoms with Gasteiger partial charge in [-0.1, -0.05) is 30.7 Å². The van der Waals surface area contributed by atoms with Crippen LogP contribution in [-0.4, -0.2) is 25.0 Å². The van der Waals surface area contributed by atoms with Gasteiger partial charge in [-0.2, -0.15) is 10.5 Å². The molecule has 0 unspecified atom stereocenters. The highest BCUT2D eigenvalue weighted by Gasteiger charge is 3.03. The van der Waals surface area contributed by atoms with Gasteiger partial charge in [0.2, 0.25) is 0 Å². The SMILES string of the molecule is CCOC1(OCC)[NH+]=C(N)[C@@]2(C#N)[C@](CC)(c3cccc(Cl)c3)[C@@]12C#N. The molecular formula is C19H22ClN4O2+. The third-order valence-corrected chi connectivity index (χ3v) is 6.09. The lowest BCUT2D eigenvalue weighted by molar-refractivity contribution is -0.694. The van der Waals surface area contributed by atoms with E-state index < -0.39 is 22.2 Å². The molecule has 0 bridgehead atoms. The lowest BCUT2D eigenvalue weighted by atomic mass is 9.80. The molecule has 0 aromatic heterocycles. The van der Waals surface area contributed by atoms with E-state index in [0.717, 1.165) is 5.56 Å². The maximum absolute atomic E-state index is 10.4. The number of amidine groups is 1. The average molecular weight is 374 g/mol. The number of nitriles is 2. The van der Waals surface area contributed by atoms with Gasteiger partial charge in [-0.15, -0.1) is 0 Å². The van der Waals surface area contributed by atoms with Crippen LogP contribution in [0.25, 0.3) is 0 Å². The molecule has 1 aromatic carbocycles. The first kappa shape index (κ1) is 18.7.